The minimum absolute atomic E-state index is 0.108. The molecule has 1 fully saturated rings. The van der Waals surface area contributed by atoms with E-state index in [1.165, 1.54) is 0 Å². The van der Waals surface area contributed by atoms with Gasteiger partial charge in [0.25, 0.3) is 0 Å². The van der Waals surface area contributed by atoms with Crippen LogP contribution in [0.4, 0.5) is 0 Å². The number of nitrogens with zero attached hydrogens (tertiary/aromatic N) is 1. The Kier molecular flexibility index (Phi) is 4.40. The lowest BCUT2D eigenvalue weighted by Crippen LogP contribution is -2.51. The molecule has 0 spiro atoms. The molecule has 1 heterocycles. The van der Waals surface area contributed by atoms with Gasteiger partial charge in [-0.2, -0.15) is 0 Å². The summed E-state index contributed by atoms with van der Waals surface area (Å²) < 4.78 is 0. The zero-order valence-electron chi connectivity index (χ0n) is 8.86. The summed E-state index contributed by atoms with van der Waals surface area (Å²) in [5, 5.41) is 3.25. The minimum Gasteiger partial charge on any atom is -0.334 e. The maximum atomic E-state index is 11.7. The molecule has 0 aromatic heterocycles. The number of piperazine rings is 1. The van der Waals surface area contributed by atoms with Gasteiger partial charge in [-0.05, 0) is 13.8 Å². The van der Waals surface area contributed by atoms with Gasteiger partial charge < -0.3 is 10.2 Å². The van der Waals surface area contributed by atoms with E-state index in [0.717, 1.165) is 19.6 Å². The topological polar surface area (TPSA) is 32.3 Å². The van der Waals surface area contributed by atoms with E-state index >= 15 is 0 Å². The number of amides is 1. The summed E-state index contributed by atoms with van der Waals surface area (Å²) in [5.41, 5.74) is 0. The van der Waals surface area contributed by atoms with E-state index in [-0.39, 0.29) is 5.91 Å². The second kappa shape index (κ2) is 5.60. The molecule has 1 amide bonds. The van der Waals surface area contributed by atoms with Crippen LogP contribution < -0.4 is 5.32 Å². The number of nitrogens with one attached hydrogen (secondary N) is 1. The average molecular weight is 194 g/mol. The van der Waals surface area contributed by atoms with Crippen molar-refractivity contribution in [1.29, 1.82) is 0 Å². The summed E-state index contributed by atoms with van der Waals surface area (Å²) in [7, 11) is 0. The smallest absolute Gasteiger partial charge is 0.246 e. The van der Waals surface area contributed by atoms with Gasteiger partial charge in [0.15, 0.2) is 0 Å². The van der Waals surface area contributed by atoms with Crippen LogP contribution in [0.1, 0.15) is 13.8 Å². The normalized spacial score (nSPS) is 23.6. The van der Waals surface area contributed by atoms with Crippen LogP contribution in [0.2, 0.25) is 0 Å². The second-order valence-corrected chi connectivity index (χ2v) is 3.47. The summed E-state index contributed by atoms with van der Waals surface area (Å²) in [4.78, 5) is 13.6. The summed E-state index contributed by atoms with van der Waals surface area (Å²) in [5.74, 6) is 0.108. The third-order valence-corrected chi connectivity index (χ3v) is 2.33. The van der Waals surface area contributed by atoms with Gasteiger partial charge in [-0.15, -0.1) is 0 Å². The Morgan fingerprint density at radius 2 is 2.29 bits per heavy atom. The van der Waals surface area contributed by atoms with E-state index in [4.69, 9.17) is 0 Å². The molecule has 1 aliphatic rings. The Bertz CT molecular complexity index is 246. The predicted molar refractivity (Wildman–Crippen MR) is 58.0 cm³/mol. The lowest BCUT2D eigenvalue weighted by atomic mass is 10.2. The second-order valence-electron chi connectivity index (χ2n) is 3.47. The van der Waals surface area contributed by atoms with Crippen molar-refractivity contribution in [2.45, 2.75) is 19.9 Å². The van der Waals surface area contributed by atoms with Gasteiger partial charge in [-0.3, -0.25) is 4.79 Å². The fraction of sp³-hybridized carbons (Fsp3) is 0.545. The van der Waals surface area contributed by atoms with Crippen molar-refractivity contribution in [2.24, 2.45) is 0 Å². The van der Waals surface area contributed by atoms with Crippen LogP contribution in [-0.4, -0.2) is 36.5 Å². The highest BCUT2D eigenvalue weighted by molar-refractivity contribution is 5.88. The van der Waals surface area contributed by atoms with E-state index in [2.05, 4.69) is 12.2 Å². The summed E-state index contributed by atoms with van der Waals surface area (Å²) >= 11 is 0. The average Bonchev–Trinajstić information content (AvgIpc) is 2.18. The van der Waals surface area contributed by atoms with Crippen LogP contribution in [0.15, 0.2) is 24.3 Å². The molecule has 0 saturated carbocycles. The molecule has 0 bridgehead atoms. The van der Waals surface area contributed by atoms with Gasteiger partial charge in [-0.25, -0.2) is 0 Å². The van der Waals surface area contributed by atoms with Gasteiger partial charge in [-0.1, -0.05) is 18.2 Å². The van der Waals surface area contributed by atoms with E-state index < -0.39 is 0 Å². The first-order chi connectivity index (χ1) is 6.75. The Labute approximate surface area is 85.5 Å². The molecular formula is C11H18N2O. The SMILES string of the molecule is C/C=C/C=CC(=O)N1CCNC[C@H]1C. The molecule has 0 radical (unpaired) electrons. The van der Waals surface area contributed by atoms with E-state index in [9.17, 15) is 4.79 Å². The minimum atomic E-state index is 0.108. The number of rotatable bonds is 2. The highest BCUT2D eigenvalue weighted by Gasteiger charge is 2.20. The number of allylic oxidation sites excluding steroid dienone is 3. The van der Waals surface area contributed by atoms with E-state index in [1.54, 1.807) is 12.2 Å². The quantitative estimate of drug-likeness (QED) is 0.524. The Morgan fingerprint density at radius 1 is 1.50 bits per heavy atom. The molecule has 1 saturated heterocycles. The molecule has 78 valence electrons. The highest BCUT2D eigenvalue weighted by atomic mass is 16.2. The molecule has 0 aromatic rings. The Balaban J connectivity index is 2.50. The molecule has 3 nitrogen and oxygen atoms in total. The van der Waals surface area contributed by atoms with E-state index in [0.29, 0.717) is 6.04 Å². The van der Waals surface area contributed by atoms with Crippen LogP contribution in [0.5, 0.6) is 0 Å². The van der Waals surface area contributed by atoms with E-state index in [1.807, 2.05) is 24.0 Å². The number of hydrogen-bond donors (Lipinski definition) is 1. The Morgan fingerprint density at radius 3 is 2.93 bits per heavy atom. The monoisotopic (exact) mass is 194 g/mol. The third-order valence-electron chi connectivity index (χ3n) is 2.33. The number of carbonyl (C=O) groups excluding carboxylic acids is 1. The molecule has 1 atom stereocenters. The number of hydrogen-bond acceptors (Lipinski definition) is 2. The first kappa shape index (κ1) is 11.0. The van der Waals surface area contributed by atoms with Gasteiger partial charge in [0.1, 0.15) is 0 Å². The Hall–Kier alpha value is -1.09. The lowest BCUT2D eigenvalue weighted by Gasteiger charge is -2.33. The largest absolute Gasteiger partial charge is 0.334 e. The number of carbonyl (C=O) groups is 1. The van der Waals surface area contributed by atoms with Gasteiger partial charge >= 0.3 is 0 Å². The molecule has 14 heavy (non-hydrogen) atoms. The van der Waals surface area contributed by atoms with Crippen molar-refractivity contribution >= 4 is 5.91 Å². The van der Waals surface area contributed by atoms with Crippen molar-refractivity contribution in [1.82, 2.24) is 10.2 Å². The van der Waals surface area contributed by atoms with Crippen molar-refractivity contribution < 1.29 is 4.79 Å². The van der Waals surface area contributed by atoms with Crippen molar-refractivity contribution in [3.63, 3.8) is 0 Å². The van der Waals surface area contributed by atoms with Gasteiger partial charge in [0.05, 0.1) is 0 Å². The standard InChI is InChI=1S/C11H18N2O/c1-3-4-5-6-11(14)13-8-7-12-9-10(13)2/h3-6,10,12H,7-9H2,1-2H3/b4-3+,6-5?/t10-/m1/s1. The first-order valence-corrected chi connectivity index (χ1v) is 5.06. The molecular weight excluding hydrogens is 176 g/mol. The fourth-order valence-electron chi connectivity index (χ4n) is 1.51. The van der Waals surface area contributed by atoms with Crippen molar-refractivity contribution in [2.75, 3.05) is 19.6 Å². The first-order valence-electron chi connectivity index (χ1n) is 5.06. The summed E-state index contributed by atoms with van der Waals surface area (Å²) in [6.45, 7) is 6.59. The maximum Gasteiger partial charge on any atom is 0.246 e. The van der Waals surface area contributed by atoms with Crippen LogP contribution >= 0.6 is 0 Å². The fourth-order valence-corrected chi connectivity index (χ4v) is 1.51. The maximum absolute atomic E-state index is 11.7. The summed E-state index contributed by atoms with van der Waals surface area (Å²) in [6.07, 6.45) is 7.19. The molecule has 3 heteroatoms. The highest BCUT2D eigenvalue weighted by Crippen LogP contribution is 2.03. The van der Waals surface area contributed by atoms with Crippen LogP contribution in [0.3, 0.4) is 0 Å². The van der Waals surface area contributed by atoms with Gasteiger partial charge in [0.2, 0.25) is 5.91 Å². The molecule has 1 rings (SSSR count). The lowest BCUT2D eigenvalue weighted by molar-refractivity contribution is -0.128. The van der Waals surface area contributed by atoms with Crippen LogP contribution in [0.25, 0.3) is 0 Å². The summed E-state index contributed by atoms with van der Waals surface area (Å²) in [6, 6.07) is 0.298. The molecule has 0 unspecified atom stereocenters. The zero-order valence-corrected chi connectivity index (χ0v) is 8.86. The van der Waals surface area contributed by atoms with Crippen LogP contribution in [0, 0.1) is 0 Å². The van der Waals surface area contributed by atoms with Crippen molar-refractivity contribution in [3.8, 4) is 0 Å². The third kappa shape index (κ3) is 3.00. The zero-order chi connectivity index (χ0) is 10.4. The molecule has 0 aromatic carbocycles. The van der Waals surface area contributed by atoms with Crippen molar-refractivity contribution in [3.05, 3.63) is 24.3 Å². The van der Waals surface area contributed by atoms with Gasteiger partial charge in [0, 0.05) is 31.8 Å². The molecule has 1 N–H and O–H groups in total. The predicted octanol–water partition coefficient (Wildman–Crippen LogP) is 0.939. The van der Waals surface area contributed by atoms with Crippen LogP contribution in [-0.2, 0) is 4.79 Å². The molecule has 1 aliphatic heterocycles. The molecule has 0 aliphatic carbocycles.